The first kappa shape index (κ1) is 14.1. The Hall–Kier alpha value is -1.36. The number of methoxy groups -OCH3 is 1. The van der Waals surface area contributed by atoms with E-state index in [0.29, 0.717) is 13.2 Å². The molecule has 0 unspecified atom stereocenters. The van der Waals surface area contributed by atoms with Crippen molar-refractivity contribution in [2.45, 2.75) is 19.5 Å². The molecule has 0 aliphatic heterocycles. The number of hydrogen-bond acceptors (Lipinski definition) is 3. The van der Waals surface area contributed by atoms with Crippen molar-refractivity contribution in [2.24, 2.45) is 5.73 Å². The van der Waals surface area contributed by atoms with Gasteiger partial charge in [-0.1, -0.05) is 18.2 Å². The van der Waals surface area contributed by atoms with Crippen LogP contribution in [0.2, 0.25) is 0 Å². The summed E-state index contributed by atoms with van der Waals surface area (Å²) in [4.78, 5) is 0. The van der Waals surface area contributed by atoms with E-state index < -0.39 is 0 Å². The summed E-state index contributed by atoms with van der Waals surface area (Å²) in [5, 5.41) is 1.24. The van der Waals surface area contributed by atoms with Crippen molar-refractivity contribution >= 4 is 10.9 Å². The zero-order valence-corrected chi connectivity index (χ0v) is 11.5. The van der Waals surface area contributed by atoms with Crippen molar-refractivity contribution in [3.8, 4) is 0 Å². The second-order valence-corrected chi connectivity index (χ2v) is 4.53. The van der Waals surface area contributed by atoms with Gasteiger partial charge in [0.15, 0.2) is 0 Å². The van der Waals surface area contributed by atoms with E-state index in [4.69, 9.17) is 15.2 Å². The van der Waals surface area contributed by atoms with Gasteiger partial charge in [-0.05, 0) is 23.4 Å². The van der Waals surface area contributed by atoms with Crippen LogP contribution in [0.3, 0.4) is 0 Å². The molecule has 1 aromatic heterocycles. The Labute approximate surface area is 114 Å². The molecule has 0 saturated carbocycles. The van der Waals surface area contributed by atoms with Crippen LogP contribution in [0.4, 0.5) is 0 Å². The summed E-state index contributed by atoms with van der Waals surface area (Å²) >= 11 is 0. The zero-order valence-electron chi connectivity index (χ0n) is 11.5. The van der Waals surface area contributed by atoms with Gasteiger partial charge in [0.05, 0.1) is 12.1 Å². The van der Waals surface area contributed by atoms with Crippen LogP contribution in [0.1, 0.15) is 12.0 Å². The molecule has 2 aromatic rings. The topological polar surface area (TPSA) is 49.4 Å². The molecule has 104 valence electrons. The summed E-state index contributed by atoms with van der Waals surface area (Å²) in [6, 6.07) is 8.37. The van der Waals surface area contributed by atoms with E-state index in [9.17, 15) is 0 Å². The maximum absolute atomic E-state index is 5.80. The van der Waals surface area contributed by atoms with Gasteiger partial charge in [-0.15, -0.1) is 0 Å². The van der Waals surface area contributed by atoms with Gasteiger partial charge in [0.1, 0.15) is 0 Å². The number of rotatable bonds is 8. The Bertz CT molecular complexity index is 508. The van der Waals surface area contributed by atoms with Crippen LogP contribution >= 0.6 is 0 Å². The van der Waals surface area contributed by atoms with Gasteiger partial charge in [-0.2, -0.15) is 0 Å². The summed E-state index contributed by atoms with van der Waals surface area (Å²) in [5.41, 5.74) is 8.20. The molecule has 0 aliphatic rings. The first-order valence-corrected chi connectivity index (χ1v) is 6.70. The molecule has 0 atom stereocenters. The lowest BCUT2D eigenvalue weighted by atomic mass is 10.1. The van der Waals surface area contributed by atoms with Crippen molar-refractivity contribution < 1.29 is 9.47 Å². The highest BCUT2D eigenvalue weighted by Crippen LogP contribution is 2.19. The van der Waals surface area contributed by atoms with E-state index in [-0.39, 0.29) is 0 Å². The quantitative estimate of drug-likeness (QED) is 0.742. The van der Waals surface area contributed by atoms with Crippen molar-refractivity contribution in [1.29, 1.82) is 0 Å². The highest BCUT2D eigenvalue weighted by molar-refractivity contribution is 5.83. The molecular formula is C15H22N2O2. The molecule has 0 radical (unpaired) electrons. The third-order valence-electron chi connectivity index (χ3n) is 3.21. The Morgan fingerprint density at radius 3 is 2.84 bits per heavy atom. The molecule has 4 nitrogen and oxygen atoms in total. The maximum Gasteiger partial charge on any atom is 0.0645 e. The van der Waals surface area contributed by atoms with Gasteiger partial charge >= 0.3 is 0 Å². The molecule has 4 heteroatoms. The number of fused-ring (bicyclic) bond motifs is 1. The summed E-state index contributed by atoms with van der Waals surface area (Å²) in [5.74, 6) is 0. The van der Waals surface area contributed by atoms with E-state index in [1.807, 2.05) is 0 Å². The van der Waals surface area contributed by atoms with Crippen LogP contribution in [-0.2, 0) is 22.6 Å². The predicted molar refractivity (Wildman–Crippen MR) is 77.1 cm³/mol. The van der Waals surface area contributed by atoms with Crippen molar-refractivity contribution in [1.82, 2.24) is 4.57 Å². The standard InChI is InChI=1S/C15H22N2O2/c1-18-9-3-10-19-11-8-17-7-6-13-4-2-5-14(12-16)15(13)17/h2,4-7H,3,8-12,16H2,1H3. The van der Waals surface area contributed by atoms with Crippen molar-refractivity contribution in [3.05, 3.63) is 36.0 Å². The number of nitrogens with two attached hydrogens (primary N) is 1. The van der Waals surface area contributed by atoms with Crippen LogP contribution in [0.25, 0.3) is 10.9 Å². The fourth-order valence-electron chi connectivity index (χ4n) is 2.26. The molecule has 0 saturated heterocycles. The lowest BCUT2D eigenvalue weighted by molar-refractivity contribution is 0.0982. The number of hydrogen-bond donors (Lipinski definition) is 1. The second-order valence-electron chi connectivity index (χ2n) is 4.53. The summed E-state index contributed by atoms with van der Waals surface area (Å²) in [6.07, 6.45) is 3.04. The van der Waals surface area contributed by atoms with Crippen LogP contribution in [0, 0.1) is 0 Å². The second kappa shape index (κ2) is 7.28. The predicted octanol–water partition coefficient (Wildman–Crippen LogP) is 2.15. The maximum atomic E-state index is 5.80. The van der Waals surface area contributed by atoms with Crippen LogP contribution in [0.15, 0.2) is 30.5 Å². The summed E-state index contributed by atoms with van der Waals surface area (Å²) in [6.45, 7) is 3.64. The highest BCUT2D eigenvalue weighted by atomic mass is 16.5. The molecule has 19 heavy (non-hydrogen) atoms. The molecule has 0 bridgehead atoms. The summed E-state index contributed by atoms with van der Waals surface area (Å²) < 4.78 is 12.8. The fourth-order valence-corrected chi connectivity index (χ4v) is 2.26. The third kappa shape index (κ3) is 3.56. The van der Waals surface area contributed by atoms with Gasteiger partial charge in [0, 0.05) is 39.6 Å². The molecule has 0 fully saturated rings. The van der Waals surface area contributed by atoms with Crippen molar-refractivity contribution in [2.75, 3.05) is 26.9 Å². The monoisotopic (exact) mass is 262 g/mol. The van der Waals surface area contributed by atoms with Gasteiger partial charge in [0.2, 0.25) is 0 Å². The fraction of sp³-hybridized carbons (Fsp3) is 0.467. The van der Waals surface area contributed by atoms with Gasteiger partial charge in [-0.25, -0.2) is 0 Å². The lowest BCUT2D eigenvalue weighted by Crippen LogP contribution is -2.08. The number of nitrogens with zero attached hydrogens (tertiary/aromatic N) is 1. The third-order valence-corrected chi connectivity index (χ3v) is 3.21. The minimum atomic E-state index is 0.566. The first-order chi connectivity index (χ1) is 9.36. The normalized spacial score (nSPS) is 11.3. The van der Waals surface area contributed by atoms with E-state index in [0.717, 1.165) is 26.2 Å². The Morgan fingerprint density at radius 2 is 2.05 bits per heavy atom. The Morgan fingerprint density at radius 1 is 1.16 bits per heavy atom. The summed E-state index contributed by atoms with van der Waals surface area (Å²) in [7, 11) is 1.71. The van der Waals surface area contributed by atoms with Gasteiger partial charge in [0.25, 0.3) is 0 Å². The molecule has 2 N–H and O–H groups in total. The molecule has 2 rings (SSSR count). The van der Waals surface area contributed by atoms with Crippen molar-refractivity contribution in [3.63, 3.8) is 0 Å². The van der Waals surface area contributed by atoms with E-state index >= 15 is 0 Å². The van der Waals surface area contributed by atoms with Gasteiger partial charge < -0.3 is 19.8 Å². The van der Waals surface area contributed by atoms with E-state index in [1.54, 1.807) is 7.11 Å². The average molecular weight is 262 g/mol. The molecule has 0 spiro atoms. The van der Waals surface area contributed by atoms with Crippen LogP contribution in [0.5, 0.6) is 0 Å². The smallest absolute Gasteiger partial charge is 0.0645 e. The Balaban J connectivity index is 1.93. The number of para-hydroxylation sites is 1. The largest absolute Gasteiger partial charge is 0.385 e. The van der Waals surface area contributed by atoms with Crippen LogP contribution in [-0.4, -0.2) is 31.5 Å². The molecule has 1 heterocycles. The lowest BCUT2D eigenvalue weighted by Gasteiger charge is -2.09. The molecule has 1 aromatic carbocycles. The van der Waals surface area contributed by atoms with E-state index in [2.05, 4.69) is 35.0 Å². The van der Waals surface area contributed by atoms with Crippen LogP contribution < -0.4 is 5.73 Å². The molecular weight excluding hydrogens is 240 g/mol. The number of benzene rings is 1. The SMILES string of the molecule is COCCCOCCn1ccc2cccc(CN)c21. The molecule has 0 aliphatic carbocycles. The number of ether oxygens (including phenoxy) is 2. The Kier molecular flexibility index (Phi) is 5.39. The highest BCUT2D eigenvalue weighted by Gasteiger charge is 2.05. The first-order valence-electron chi connectivity index (χ1n) is 6.70. The minimum absolute atomic E-state index is 0.566. The number of aromatic nitrogens is 1. The van der Waals surface area contributed by atoms with Gasteiger partial charge in [-0.3, -0.25) is 0 Å². The minimum Gasteiger partial charge on any atom is -0.385 e. The zero-order chi connectivity index (χ0) is 13.5. The molecule has 0 amide bonds. The average Bonchev–Trinajstić information content (AvgIpc) is 2.86. The van der Waals surface area contributed by atoms with E-state index in [1.165, 1.54) is 16.5 Å².